The number of ether oxygens (including phenoxy) is 1. The lowest BCUT2D eigenvalue weighted by Crippen LogP contribution is -2.34. The lowest BCUT2D eigenvalue weighted by molar-refractivity contribution is -0.115. The van der Waals surface area contributed by atoms with Gasteiger partial charge in [-0.3, -0.25) is 10.1 Å². The first kappa shape index (κ1) is 21.3. The van der Waals surface area contributed by atoms with Crippen LogP contribution in [-0.2, 0) is 4.79 Å². The van der Waals surface area contributed by atoms with E-state index in [-0.39, 0.29) is 11.0 Å². The number of anilines is 2. The summed E-state index contributed by atoms with van der Waals surface area (Å²) in [7, 11) is 1.60. The highest BCUT2D eigenvalue weighted by atomic mass is 79.9. The highest BCUT2D eigenvalue weighted by Gasteiger charge is 2.15. The third kappa shape index (κ3) is 6.05. The number of benzene rings is 2. The monoisotopic (exact) mass is 473 g/mol. The Morgan fingerprint density at radius 1 is 1.17 bits per heavy atom. The van der Waals surface area contributed by atoms with Gasteiger partial charge in [-0.2, -0.15) is 0 Å². The number of hydrogen-bond acceptors (Lipinski definition) is 4. The molecule has 0 radical (unpaired) electrons. The Morgan fingerprint density at radius 2 is 1.93 bits per heavy atom. The van der Waals surface area contributed by atoms with Gasteiger partial charge in [0.05, 0.1) is 18.5 Å². The molecule has 2 aromatic carbocycles. The van der Waals surface area contributed by atoms with E-state index >= 15 is 0 Å². The van der Waals surface area contributed by atoms with Gasteiger partial charge in [0, 0.05) is 29.2 Å². The van der Waals surface area contributed by atoms with E-state index in [2.05, 4.69) is 37.5 Å². The van der Waals surface area contributed by atoms with Crippen LogP contribution < -0.4 is 20.3 Å². The lowest BCUT2D eigenvalue weighted by atomic mass is 10.1. The molecule has 1 amide bonds. The maximum atomic E-state index is 12.3. The number of halogens is 1. The predicted molar refractivity (Wildman–Crippen MR) is 127 cm³/mol. The van der Waals surface area contributed by atoms with Gasteiger partial charge in [0.1, 0.15) is 5.75 Å². The molecule has 1 saturated heterocycles. The van der Waals surface area contributed by atoms with Gasteiger partial charge < -0.3 is 15.0 Å². The fourth-order valence-corrected chi connectivity index (χ4v) is 3.89. The summed E-state index contributed by atoms with van der Waals surface area (Å²) in [6.45, 7) is 2.07. The molecule has 5 nitrogen and oxygen atoms in total. The highest BCUT2D eigenvalue weighted by Crippen LogP contribution is 2.28. The molecule has 0 saturated carbocycles. The number of carbonyl (C=O) groups excluding carboxylic acids is 1. The third-order valence-corrected chi connectivity index (χ3v) is 5.39. The lowest BCUT2D eigenvalue weighted by Gasteiger charge is -2.30. The number of thiocarbonyl (C=S) groups is 1. The van der Waals surface area contributed by atoms with Crippen molar-refractivity contribution in [3.63, 3.8) is 0 Å². The van der Waals surface area contributed by atoms with Crippen LogP contribution in [0.4, 0.5) is 11.4 Å². The fraction of sp³-hybridized carbons (Fsp3) is 0.273. The number of rotatable bonds is 5. The molecule has 0 spiro atoms. The summed E-state index contributed by atoms with van der Waals surface area (Å²) in [4.78, 5) is 14.7. The zero-order chi connectivity index (χ0) is 20.6. The molecule has 0 unspecified atom stereocenters. The number of amides is 1. The van der Waals surface area contributed by atoms with Crippen molar-refractivity contribution in [3.8, 4) is 5.75 Å². The SMILES string of the molecule is COc1ccc(Br)cc1/C=C/C(=O)NC(=S)Nc1ccccc1N1CCCCC1. The van der Waals surface area contributed by atoms with Gasteiger partial charge in [0.25, 0.3) is 0 Å². The minimum Gasteiger partial charge on any atom is -0.496 e. The van der Waals surface area contributed by atoms with Crippen LogP contribution in [0.5, 0.6) is 5.75 Å². The maximum Gasteiger partial charge on any atom is 0.250 e. The molecule has 0 aliphatic carbocycles. The van der Waals surface area contributed by atoms with Crippen LogP contribution in [0.2, 0.25) is 0 Å². The van der Waals surface area contributed by atoms with Crippen molar-refractivity contribution in [1.29, 1.82) is 0 Å². The second-order valence-electron chi connectivity index (χ2n) is 6.73. The Labute approximate surface area is 185 Å². The first-order valence-electron chi connectivity index (χ1n) is 9.54. The summed E-state index contributed by atoms with van der Waals surface area (Å²) in [5.74, 6) is 0.383. The van der Waals surface area contributed by atoms with E-state index in [4.69, 9.17) is 17.0 Å². The van der Waals surface area contributed by atoms with Crippen molar-refractivity contribution in [2.75, 3.05) is 30.4 Å². The summed E-state index contributed by atoms with van der Waals surface area (Å²) in [6, 6.07) is 13.6. The van der Waals surface area contributed by atoms with E-state index in [1.165, 1.54) is 25.3 Å². The van der Waals surface area contributed by atoms with E-state index in [1.54, 1.807) is 13.2 Å². The molecule has 1 aliphatic heterocycles. The van der Waals surface area contributed by atoms with E-state index in [0.717, 1.165) is 34.5 Å². The van der Waals surface area contributed by atoms with Crippen LogP contribution in [0.25, 0.3) is 6.08 Å². The molecule has 1 fully saturated rings. The van der Waals surface area contributed by atoms with Gasteiger partial charge in [-0.05, 0) is 67.9 Å². The largest absolute Gasteiger partial charge is 0.496 e. The Bertz CT molecular complexity index is 911. The van der Waals surface area contributed by atoms with Crippen LogP contribution in [0.1, 0.15) is 24.8 Å². The Hall–Kier alpha value is -2.38. The minimum absolute atomic E-state index is 0.269. The van der Waals surface area contributed by atoms with E-state index in [1.807, 2.05) is 36.4 Å². The summed E-state index contributed by atoms with van der Waals surface area (Å²) in [5, 5.41) is 6.13. The average Bonchev–Trinajstić information content (AvgIpc) is 2.73. The number of nitrogens with one attached hydrogen (secondary N) is 2. The summed E-state index contributed by atoms with van der Waals surface area (Å²) >= 11 is 8.77. The van der Waals surface area contributed by atoms with Crippen LogP contribution >= 0.6 is 28.1 Å². The maximum absolute atomic E-state index is 12.3. The van der Waals surface area contributed by atoms with Crippen LogP contribution in [0.3, 0.4) is 0 Å². The molecule has 1 heterocycles. The number of carbonyl (C=O) groups is 1. The second-order valence-corrected chi connectivity index (χ2v) is 8.05. The quantitative estimate of drug-likeness (QED) is 0.473. The van der Waals surface area contributed by atoms with Crippen molar-refractivity contribution in [1.82, 2.24) is 5.32 Å². The van der Waals surface area contributed by atoms with Gasteiger partial charge in [-0.25, -0.2) is 0 Å². The van der Waals surface area contributed by atoms with Crippen molar-refractivity contribution in [2.45, 2.75) is 19.3 Å². The molecule has 2 aromatic rings. The van der Waals surface area contributed by atoms with E-state index in [9.17, 15) is 4.79 Å². The standard InChI is InChI=1S/C22H24BrN3O2S/c1-28-20-11-10-17(23)15-16(20)9-12-21(27)25-22(29)24-18-7-3-4-8-19(18)26-13-5-2-6-14-26/h3-4,7-12,15H,2,5-6,13-14H2,1H3,(H2,24,25,27,29)/b12-9+. The van der Waals surface area contributed by atoms with Crippen molar-refractivity contribution in [3.05, 3.63) is 58.6 Å². The topological polar surface area (TPSA) is 53.6 Å². The minimum atomic E-state index is -0.306. The molecule has 152 valence electrons. The van der Waals surface area contributed by atoms with Crippen molar-refractivity contribution in [2.24, 2.45) is 0 Å². The number of para-hydroxylation sites is 2. The number of methoxy groups -OCH3 is 1. The Balaban J connectivity index is 1.63. The van der Waals surface area contributed by atoms with Crippen LogP contribution in [0, 0.1) is 0 Å². The summed E-state index contributed by atoms with van der Waals surface area (Å²) < 4.78 is 6.22. The third-order valence-electron chi connectivity index (χ3n) is 4.69. The molecule has 7 heteroatoms. The molecule has 0 atom stereocenters. The van der Waals surface area contributed by atoms with Crippen LogP contribution in [0.15, 0.2) is 53.0 Å². The molecule has 2 N–H and O–H groups in total. The van der Waals surface area contributed by atoms with Gasteiger partial charge in [0.2, 0.25) is 5.91 Å². The van der Waals surface area contributed by atoms with Gasteiger partial charge in [-0.1, -0.05) is 28.1 Å². The summed E-state index contributed by atoms with van der Waals surface area (Å²) in [6.07, 6.45) is 6.80. The zero-order valence-electron chi connectivity index (χ0n) is 16.3. The zero-order valence-corrected chi connectivity index (χ0v) is 18.7. The Kier molecular flexibility index (Phi) is 7.66. The van der Waals surface area contributed by atoms with E-state index < -0.39 is 0 Å². The highest BCUT2D eigenvalue weighted by molar-refractivity contribution is 9.10. The first-order chi connectivity index (χ1) is 14.1. The second kappa shape index (κ2) is 10.4. The fourth-order valence-electron chi connectivity index (χ4n) is 3.30. The van der Waals surface area contributed by atoms with Crippen molar-refractivity contribution < 1.29 is 9.53 Å². The Morgan fingerprint density at radius 3 is 2.69 bits per heavy atom. The molecular weight excluding hydrogens is 450 g/mol. The molecule has 1 aliphatic rings. The number of hydrogen-bond donors (Lipinski definition) is 2. The molecular formula is C22H24BrN3O2S. The first-order valence-corrected chi connectivity index (χ1v) is 10.7. The van der Waals surface area contributed by atoms with Crippen molar-refractivity contribution >= 4 is 56.6 Å². The van der Waals surface area contributed by atoms with Gasteiger partial charge >= 0.3 is 0 Å². The van der Waals surface area contributed by atoms with Gasteiger partial charge in [-0.15, -0.1) is 0 Å². The average molecular weight is 474 g/mol. The normalized spacial score (nSPS) is 13.9. The van der Waals surface area contributed by atoms with Gasteiger partial charge in [0.15, 0.2) is 5.11 Å². The molecule has 3 rings (SSSR count). The number of piperidine rings is 1. The predicted octanol–water partition coefficient (Wildman–Crippen LogP) is 4.97. The molecule has 0 aromatic heterocycles. The van der Waals surface area contributed by atoms with E-state index in [0.29, 0.717) is 5.75 Å². The summed E-state index contributed by atoms with van der Waals surface area (Å²) in [5.41, 5.74) is 2.81. The smallest absolute Gasteiger partial charge is 0.250 e. The van der Waals surface area contributed by atoms with Crippen LogP contribution in [-0.4, -0.2) is 31.2 Å². The molecule has 0 bridgehead atoms. The molecule has 29 heavy (non-hydrogen) atoms. The number of nitrogens with zero attached hydrogens (tertiary/aromatic N) is 1.